The summed E-state index contributed by atoms with van der Waals surface area (Å²) in [5.74, 6) is 0.135. The maximum Gasteiger partial charge on any atom is 0.269 e. The third-order valence-electron chi connectivity index (χ3n) is 3.57. The molecule has 0 saturated carbocycles. The third-order valence-corrected chi connectivity index (χ3v) is 3.81. The standard InChI is InChI=1S/C19H21ClN2O3/c1-13-5-7-15(8-6-13)19(24)22-21-18(23)4-3-11-25-17-10-9-16(20)12-14(17)2/h5-10,12H,3-4,11H2,1-2H3,(H,21,23)(H,22,24). The van der Waals surface area contributed by atoms with Crippen LogP contribution in [-0.2, 0) is 4.79 Å². The van der Waals surface area contributed by atoms with Gasteiger partial charge in [0, 0.05) is 17.0 Å². The number of aryl methyl sites for hydroxylation is 2. The minimum atomic E-state index is -0.346. The molecule has 2 aromatic carbocycles. The summed E-state index contributed by atoms with van der Waals surface area (Å²) in [7, 11) is 0. The van der Waals surface area contributed by atoms with Crippen LogP contribution in [0.15, 0.2) is 42.5 Å². The van der Waals surface area contributed by atoms with Crippen molar-refractivity contribution in [3.63, 3.8) is 0 Å². The van der Waals surface area contributed by atoms with E-state index in [1.165, 1.54) is 0 Å². The molecule has 2 aromatic rings. The van der Waals surface area contributed by atoms with Gasteiger partial charge in [-0.15, -0.1) is 0 Å². The van der Waals surface area contributed by atoms with Crippen LogP contribution in [0, 0.1) is 13.8 Å². The van der Waals surface area contributed by atoms with Gasteiger partial charge in [0.15, 0.2) is 0 Å². The molecule has 2 rings (SSSR count). The molecule has 0 bridgehead atoms. The van der Waals surface area contributed by atoms with Crippen molar-refractivity contribution in [3.8, 4) is 5.75 Å². The van der Waals surface area contributed by atoms with Gasteiger partial charge >= 0.3 is 0 Å². The van der Waals surface area contributed by atoms with Gasteiger partial charge in [-0.25, -0.2) is 0 Å². The number of amides is 2. The Bertz CT molecular complexity index is 745. The number of hydrogen-bond acceptors (Lipinski definition) is 3. The second-order valence-corrected chi connectivity index (χ2v) is 6.17. The molecule has 0 aliphatic heterocycles. The summed E-state index contributed by atoms with van der Waals surface area (Å²) in [4.78, 5) is 23.6. The van der Waals surface area contributed by atoms with E-state index in [9.17, 15) is 9.59 Å². The molecule has 0 heterocycles. The first kappa shape index (κ1) is 18.8. The molecule has 0 aromatic heterocycles. The Morgan fingerprint density at radius 2 is 1.76 bits per heavy atom. The predicted octanol–water partition coefficient (Wildman–Crippen LogP) is 3.58. The van der Waals surface area contributed by atoms with E-state index >= 15 is 0 Å². The van der Waals surface area contributed by atoms with Crippen LogP contribution in [0.2, 0.25) is 5.02 Å². The molecular weight excluding hydrogens is 340 g/mol. The molecule has 2 N–H and O–H groups in total. The quantitative estimate of drug-likeness (QED) is 0.611. The molecule has 25 heavy (non-hydrogen) atoms. The van der Waals surface area contributed by atoms with Gasteiger partial charge < -0.3 is 4.74 Å². The van der Waals surface area contributed by atoms with Gasteiger partial charge in [-0.3, -0.25) is 20.4 Å². The van der Waals surface area contributed by atoms with Crippen molar-refractivity contribution in [1.82, 2.24) is 10.9 Å². The van der Waals surface area contributed by atoms with Crippen molar-refractivity contribution in [2.24, 2.45) is 0 Å². The van der Waals surface area contributed by atoms with Gasteiger partial charge in [-0.05, 0) is 56.2 Å². The van der Waals surface area contributed by atoms with Gasteiger partial charge in [0.05, 0.1) is 6.61 Å². The van der Waals surface area contributed by atoms with Crippen LogP contribution in [0.5, 0.6) is 5.75 Å². The summed E-state index contributed by atoms with van der Waals surface area (Å²) >= 11 is 5.89. The molecule has 5 nitrogen and oxygen atoms in total. The molecule has 0 fully saturated rings. The van der Waals surface area contributed by atoms with Crippen molar-refractivity contribution in [3.05, 3.63) is 64.2 Å². The van der Waals surface area contributed by atoms with E-state index in [0.29, 0.717) is 23.6 Å². The molecular formula is C19H21ClN2O3. The highest BCUT2D eigenvalue weighted by molar-refractivity contribution is 6.30. The van der Waals surface area contributed by atoms with Crippen LogP contribution in [0.4, 0.5) is 0 Å². The van der Waals surface area contributed by atoms with Crippen molar-refractivity contribution in [1.29, 1.82) is 0 Å². The van der Waals surface area contributed by atoms with Crippen LogP contribution < -0.4 is 15.6 Å². The zero-order valence-electron chi connectivity index (χ0n) is 14.3. The minimum Gasteiger partial charge on any atom is -0.493 e. The number of ether oxygens (including phenoxy) is 1. The maximum atomic E-state index is 11.9. The van der Waals surface area contributed by atoms with Gasteiger partial charge in [0.1, 0.15) is 5.75 Å². The fourth-order valence-corrected chi connectivity index (χ4v) is 2.38. The number of carbonyl (C=O) groups excluding carboxylic acids is 2. The van der Waals surface area contributed by atoms with Crippen LogP contribution in [0.3, 0.4) is 0 Å². The van der Waals surface area contributed by atoms with E-state index in [0.717, 1.165) is 16.9 Å². The second kappa shape index (κ2) is 9.08. The zero-order chi connectivity index (χ0) is 18.2. The van der Waals surface area contributed by atoms with Crippen LogP contribution in [0.25, 0.3) is 0 Å². The Hall–Kier alpha value is -2.53. The number of benzene rings is 2. The molecule has 132 valence electrons. The highest BCUT2D eigenvalue weighted by atomic mass is 35.5. The number of halogens is 1. The van der Waals surface area contributed by atoms with Gasteiger partial charge in [-0.2, -0.15) is 0 Å². The zero-order valence-corrected chi connectivity index (χ0v) is 15.0. The van der Waals surface area contributed by atoms with Crippen LogP contribution in [-0.4, -0.2) is 18.4 Å². The second-order valence-electron chi connectivity index (χ2n) is 5.73. The van der Waals surface area contributed by atoms with Gasteiger partial charge in [0.25, 0.3) is 5.91 Å². The minimum absolute atomic E-state index is 0.251. The third kappa shape index (κ3) is 6.12. The number of hydrogen-bond donors (Lipinski definition) is 2. The summed E-state index contributed by atoms with van der Waals surface area (Å²) < 4.78 is 5.62. The smallest absolute Gasteiger partial charge is 0.269 e. The summed E-state index contributed by atoms with van der Waals surface area (Å²) in [6.45, 7) is 4.26. The fraction of sp³-hybridized carbons (Fsp3) is 0.263. The molecule has 0 radical (unpaired) electrons. The van der Waals surface area contributed by atoms with E-state index in [1.54, 1.807) is 24.3 Å². The van der Waals surface area contributed by atoms with Crippen molar-refractivity contribution in [2.45, 2.75) is 26.7 Å². The van der Waals surface area contributed by atoms with Crippen molar-refractivity contribution < 1.29 is 14.3 Å². The molecule has 0 atom stereocenters. The number of hydrazine groups is 1. The van der Waals surface area contributed by atoms with E-state index < -0.39 is 0 Å². The molecule has 0 spiro atoms. The van der Waals surface area contributed by atoms with E-state index in [1.807, 2.05) is 32.0 Å². The summed E-state index contributed by atoms with van der Waals surface area (Å²) in [5.41, 5.74) is 7.31. The van der Waals surface area contributed by atoms with Crippen LogP contribution >= 0.6 is 11.6 Å². The highest BCUT2D eigenvalue weighted by Crippen LogP contribution is 2.21. The molecule has 0 saturated heterocycles. The summed E-state index contributed by atoms with van der Waals surface area (Å²) in [6, 6.07) is 12.5. The maximum absolute atomic E-state index is 11.9. The van der Waals surface area contributed by atoms with Gasteiger partial charge in [0.2, 0.25) is 5.91 Å². The lowest BCUT2D eigenvalue weighted by molar-refractivity contribution is -0.122. The topological polar surface area (TPSA) is 67.4 Å². The van der Waals surface area contributed by atoms with E-state index in [4.69, 9.17) is 16.3 Å². The SMILES string of the molecule is Cc1ccc(C(=O)NNC(=O)CCCOc2ccc(Cl)cc2C)cc1. The molecule has 0 aliphatic carbocycles. The lowest BCUT2D eigenvalue weighted by atomic mass is 10.1. The Morgan fingerprint density at radius 3 is 2.44 bits per heavy atom. The van der Waals surface area contributed by atoms with Crippen molar-refractivity contribution >= 4 is 23.4 Å². The van der Waals surface area contributed by atoms with Crippen LogP contribution in [0.1, 0.15) is 34.3 Å². The highest BCUT2D eigenvalue weighted by Gasteiger charge is 2.07. The largest absolute Gasteiger partial charge is 0.493 e. The van der Waals surface area contributed by atoms with E-state index in [-0.39, 0.29) is 18.2 Å². The monoisotopic (exact) mass is 360 g/mol. The Labute approximate surface area is 152 Å². The number of carbonyl (C=O) groups is 2. The first-order chi connectivity index (χ1) is 12.0. The fourth-order valence-electron chi connectivity index (χ4n) is 2.16. The van der Waals surface area contributed by atoms with Gasteiger partial charge in [-0.1, -0.05) is 29.3 Å². The number of rotatable bonds is 6. The Balaban J connectivity index is 1.67. The lowest BCUT2D eigenvalue weighted by Gasteiger charge is -2.10. The average molecular weight is 361 g/mol. The number of nitrogens with one attached hydrogen (secondary N) is 2. The normalized spacial score (nSPS) is 10.2. The van der Waals surface area contributed by atoms with E-state index in [2.05, 4.69) is 10.9 Å². The first-order valence-corrected chi connectivity index (χ1v) is 8.38. The summed E-state index contributed by atoms with van der Waals surface area (Å²) in [6.07, 6.45) is 0.787. The summed E-state index contributed by atoms with van der Waals surface area (Å²) in [5, 5.41) is 0.661. The Morgan fingerprint density at radius 1 is 1.04 bits per heavy atom. The molecule has 0 unspecified atom stereocenters. The molecule has 6 heteroatoms. The lowest BCUT2D eigenvalue weighted by Crippen LogP contribution is -2.41. The Kier molecular flexibility index (Phi) is 6.83. The first-order valence-electron chi connectivity index (χ1n) is 8.00. The van der Waals surface area contributed by atoms with Crippen molar-refractivity contribution in [2.75, 3.05) is 6.61 Å². The predicted molar refractivity (Wildman–Crippen MR) is 97.7 cm³/mol. The average Bonchev–Trinajstić information content (AvgIpc) is 2.58. The molecule has 2 amide bonds. The molecule has 0 aliphatic rings.